The minimum absolute atomic E-state index is 0.283. The average Bonchev–Trinajstić information content (AvgIpc) is 2.28. The van der Waals surface area contributed by atoms with E-state index in [-0.39, 0.29) is 13.2 Å². The van der Waals surface area contributed by atoms with Gasteiger partial charge in [0.15, 0.2) is 0 Å². The monoisotopic (exact) mass is 251 g/mol. The number of amides is 1. The summed E-state index contributed by atoms with van der Waals surface area (Å²) in [5.41, 5.74) is 6.37. The van der Waals surface area contributed by atoms with Gasteiger partial charge in [-0.1, -0.05) is 0 Å². The molecule has 5 nitrogen and oxygen atoms in total. The first-order valence-electron chi connectivity index (χ1n) is 5.66. The Morgan fingerprint density at radius 2 is 1.89 bits per heavy atom. The first-order valence-corrected chi connectivity index (χ1v) is 5.66. The molecule has 0 unspecified atom stereocenters. The van der Waals surface area contributed by atoms with E-state index < -0.39 is 11.3 Å². The largest absolute Gasteiger partial charge is 0.496 e. The van der Waals surface area contributed by atoms with Crippen molar-refractivity contribution in [2.75, 3.05) is 27.4 Å². The molecule has 1 heterocycles. The zero-order chi connectivity index (χ0) is 13.3. The summed E-state index contributed by atoms with van der Waals surface area (Å²) in [4.78, 5) is 11.7. The fourth-order valence-corrected chi connectivity index (χ4v) is 2.16. The molecule has 0 atom stereocenters. The Balaban J connectivity index is 2.58. The van der Waals surface area contributed by atoms with E-state index in [1.807, 2.05) is 13.0 Å². The highest BCUT2D eigenvalue weighted by atomic mass is 16.5. The molecule has 18 heavy (non-hydrogen) atoms. The predicted molar refractivity (Wildman–Crippen MR) is 66.0 cm³/mol. The summed E-state index contributed by atoms with van der Waals surface area (Å²) in [6.45, 7) is 2.48. The van der Waals surface area contributed by atoms with Crippen LogP contribution in [0.4, 0.5) is 0 Å². The molecule has 1 aliphatic rings. The molecule has 1 aromatic rings. The van der Waals surface area contributed by atoms with Crippen molar-refractivity contribution in [1.82, 2.24) is 0 Å². The van der Waals surface area contributed by atoms with Crippen LogP contribution in [0.1, 0.15) is 11.1 Å². The molecular formula is C13H17NO4. The zero-order valence-corrected chi connectivity index (χ0v) is 10.8. The molecule has 0 aliphatic carbocycles. The van der Waals surface area contributed by atoms with E-state index >= 15 is 0 Å². The first kappa shape index (κ1) is 12.7. The van der Waals surface area contributed by atoms with Gasteiger partial charge in [0.05, 0.1) is 27.4 Å². The van der Waals surface area contributed by atoms with Crippen LogP contribution in [0.25, 0.3) is 0 Å². The molecule has 0 bridgehead atoms. The molecule has 0 aromatic heterocycles. The van der Waals surface area contributed by atoms with Crippen LogP contribution in [-0.4, -0.2) is 33.3 Å². The lowest BCUT2D eigenvalue weighted by Crippen LogP contribution is -2.56. The molecule has 5 heteroatoms. The van der Waals surface area contributed by atoms with Crippen molar-refractivity contribution in [2.24, 2.45) is 5.73 Å². The summed E-state index contributed by atoms with van der Waals surface area (Å²) < 4.78 is 15.8. The van der Waals surface area contributed by atoms with Crippen LogP contribution >= 0.6 is 0 Å². The second kappa shape index (κ2) is 4.49. The van der Waals surface area contributed by atoms with E-state index in [9.17, 15) is 4.79 Å². The van der Waals surface area contributed by atoms with Gasteiger partial charge in [0, 0.05) is 5.56 Å². The highest BCUT2D eigenvalue weighted by Gasteiger charge is 2.48. The molecular weight excluding hydrogens is 234 g/mol. The number of hydrogen-bond donors (Lipinski definition) is 1. The number of hydrogen-bond acceptors (Lipinski definition) is 4. The van der Waals surface area contributed by atoms with Crippen LogP contribution in [0.2, 0.25) is 0 Å². The Labute approximate surface area is 106 Å². The second-order valence-electron chi connectivity index (χ2n) is 4.46. The third-order valence-corrected chi connectivity index (χ3v) is 3.40. The van der Waals surface area contributed by atoms with E-state index in [1.54, 1.807) is 20.3 Å². The van der Waals surface area contributed by atoms with Crippen LogP contribution in [-0.2, 0) is 14.9 Å². The molecule has 2 rings (SSSR count). The van der Waals surface area contributed by atoms with Gasteiger partial charge in [-0.05, 0) is 24.6 Å². The minimum atomic E-state index is -0.799. The smallest absolute Gasteiger partial charge is 0.232 e. The topological polar surface area (TPSA) is 70.8 Å². The minimum Gasteiger partial charge on any atom is -0.496 e. The Morgan fingerprint density at radius 3 is 2.28 bits per heavy atom. The molecule has 1 aliphatic heterocycles. The van der Waals surface area contributed by atoms with Gasteiger partial charge in [0.2, 0.25) is 5.91 Å². The Bertz CT molecular complexity index is 480. The molecule has 0 radical (unpaired) electrons. The number of aryl methyl sites for hydroxylation is 1. The standard InChI is InChI=1S/C13H17NO4/c1-8-4-11(17-3)9(5-10(8)16-2)13(12(14)15)6-18-7-13/h4-5H,6-7H2,1-3H3,(H2,14,15). The summed E-state index contributed by atoms with van der Waals surface area (Å²) in [5.74, 6) is 0.937. The predicted octanol–water partition coefficient (Wildman–Crippen LogP) is 0.766. The third-order valence-electron chi connectivity index (χ3n) is 3.40. The van der Waals surface area contributed by atoms with Crippen molar-refractivity contribution >= 4 is 5.91 Å². The molecule has 1 aromatic carbocycles. The molecule has 1 saturated heterocycles. The summed E-state index contributed by atoms with van der Waals surface area (Å²) in [7, 11) is 3.16. The van der Waals surface area contributed by atoms with E-state index in [0.29, 0.717) is 11.5 Å². The number of nitrogens with two attached hydrogens (primary N) is 1. The lowest BCUT2D eigenvalue weighted by Gasteiger charge is -2.39. The van der Waals surface area contributed by atoms with Crippen LogP contribution < -0.4 is 15.2 Å². The lowest BCUT2D eigenvalue weighted by molar-refractivity contribution is -0.141. The van der Waals surface area contributed by atoms with Crippen molar-refractivity contribution < 1.29 is 19.0 Å². The van der Waals surface area contributed by atoms with E-state index in [1.165, 1.54) is 0 Å². The summed E-state index contributed by atoms with van der Waals surface area (Å²) in [6.07, 6.45) is 0. The van der Waals surface area contributed by atoms with Gasteiger partial charge in [-0.2, -0.15) is 0 Å². The fourth-order valence-electron chi connectivity index (χ4n) is 2.16. The van der Waals surface area contributed by atoms with Gasteiger partial charge >= 0.3 is 0 Å². The number of methoxy groups -OCH3 is 2. The SMILES string of the molecule is COc1cc(C2(C(N)=O)COC2)c(OC)cc1C. The van der Waals surface area contributed by atoms with Crippen LogP contribution in [0.5, 0.6) is 11.5 Å². The van der Waals surface area contributed by atoms with Crippen LogP contribution in [0.3, 0.4) is 0 Å². The third kappa shape index (κ3) is 1.71. The van der Waals surface area contributed by atoms with Crippen LogP contribution in [0.15, 0.2) is 12.1 Å². The second-order valence-corrected chi connectivity index (χ2v) is 4.46. The Kier molecular flexibility index (Phi) is 3.17. The van der Waals surface area contributed by atoms with Gasteiger partial charge in [-0.3, -0.25) is 4.79 Å². The number of primary amides is 1. The number of benzene rings is 1. The van der Waals surface area contributed by atoms with Gasteiger partial charge < -0.3 is 19.9 Å². The zero-order valence-electron chi connectivity index (χ0n) is 10.8. The molecule has 1 fully saturated rings. The van der Waals surface area contributed by atoms with E-state index in [4.69, 9.17) is 19.9 Å². The van der Waals surface area contributed by atoms with Crippen molar-refractivity contribution in [1.29, 1.82) is 0 Å². The average molecular weight is 251 g/mol. The van der Waals surface area contributed by atoms with Gasteiger partial charge in [-0.25, -0.2) is 0 Å². The van der Waals surface area contributed by atoms with Gasteiger partial charge in [0.25, 0.3) is 0 Å². The Morgan fingerprint density at radius 1 is 1.28 bits per heavy atom. The maximum atomic E-state index is 11.7. The Hall–Kier alpha value is -1.75. The van der Waals surface area contributed by atoms with E-state index in [0.717, 1.165) is 11.1 Å². The first-order chi connectivity index (χ1) is 8.55. The molecule has 0 saturated carbocycles. The van der Waals surface area contributed by atoms with Crippen LogP contribution in [0, 0.1) is 6.92 Å². The van der Waals surface area contributed by atoms with Crippen molar-refractivity contribution in [3.05, 3.63) is 23.3 Å². The maximum absolute atomic E-state index is 11.7. The molecule has 98 valence electrons. The quantitative estimate of drug-likeness (QED) is 0.857. The van der Waals surface area contributed by atoms with Gasteiger partial charge in [0.1, 0.15) is 16.9 Å². The highest BCUT2D eigenvalue weighted by molar-refractivity contribution is 5.89. The number of carbonyl (C=O) groups is 1. The van der Waals surface area contributed by atoms with E-state index in [2.05, 4.69) is 0 Å². The highest BCUT2D eigenvalue weighted by Crippen LogP contribution is 2.41. The number of carbonyl (C=O) groups excluding carboxylic acids is 1. The number of rotatable bonds is 4. The molecule has 1 amide bonds. The summed E-state index contributed by atoms with van der Waals surface area (Å²) in [5, 5.41) is 0. The van der Waals surface area contributed by atoms with Crippen molar-refractivity contribution in [3.63, 3.8) is 0 Å². The fraction of sp³-hybridized carbons (Fsp3) is 0.462. The van der Waals surface area contributed by atoms with Crippen molar-refractivity contribution in [3.8, 4) is 11.5 Å². The lowest BCUT2D eigenvalue weighted by atomic mass is 9.77. The van der Waals surface area contributed by atoms with Gasteiger partial charge in [-0.15, -0.1) is 0 Å². The number of ether oxygens (including phenoxy) is 3. The maximum Gasteiger partial charge on any atom is 0.232 e. The van der Waals surface area contributed by atoms with Crippen molar-refractivity contribution in [2.45, 2.75) is 12.3 Å². The summed E-state index contributed by atoms with van der Waals surface area (Å²) >= 11 is 0. The summed E-state index contributed by atoms with van der Waals surface area (Å²) in [6, 6.07) is 3.65. The normalized spacial score (nSPS) is 16.8. The molecule has 2 N–H and O–H groups in total. The molecule has 0 spiro atoms.